The van der Waals surface area contributed by atoms with E-state index in [2.05, 4.69) is 10.3 Å². The molecule has 0 saturated heterocycles. The molecule has 1 N–H and O–H groups in total. The second-order valence-corrected chi connectivity index (χ2v) is 4.66. The second kappa shape index (κ2) is 5.55. The molecule has 0 bridgehead atoms. The number of aromatic nitrogens is 1. The van der Waals surface area contributed by atoms with Gasteiger partial charge in [0.05, 0.1) is 16.4 Å². The molecule has 0 aliphatic carbocycles. The maximum atomic E-state index is 13.3. The standard InChI is InChI=1S/C13H11FN2OS/c1-9-15-10(8-18-9)6-7-13(17)16-12-5-3-2-4-11(12)14/h2-8H,1H3,(H,16,17)/b7-6+. The highest BCUT2D eigenvalue weighted by Gasteiger charge is 2.03. The Balaban J connectivity index is 2.01. The normalized spacial score (nSPS) is 10.8. The molecule has 5 heteroatoms. The van der Waals surface area contributed by atoms with Crippen molar-refractivity contribution < 1.29 is 9.18 Å². The molecule has 2 aromatic rings. The van der Waals surface area contributed by atoms with Crippen LogP contribution in [0, 0.1) is 12.7 Å². The minimum Gasteiger partial charge on any atom is -0.320 e. The summed E-state index contributed by atoms with van der Waals surface area (Å²) in [5, 5.41) is 5.25. The molecule has 1 amide bonds. The minimum absolute atomic E-state index is 0.168. The number of aryl methyl sites for hydroxylation is 1. The van der Waals surface area contributed by atoms with Crippen molar-refractivity contribution in [2.24, 2.45) is 0 Å². The summed E-state index contributed by atoms with van der Waals surface area (Å²) < 4.78 is 13.3. The fraction of sp³-hybridized carbons (Fsp3) is 0.0769. The Labute approximate surface area is 108 Å². The molecule has 18 heavy (non-hydrogen) atoms. The average Bonchev–Trinajstić information content (AvgIpc) is 2.76. The van der Waals surface area contributed by atoms with E-state index in [9.17, 15) is 9.18 Å². The Morgan fingerprint density at radius 3 is 2.89 bits per heavy atom. The lowest BCUT2D eigenvalue weighted by Gasteiger charge is -2.02. The summed E-state index contributed by atoms with van der Waals surface area (Å²) >= 11 is 1.51. The van der Waals surface area contributed by atoms with Gasteiger partial charge in [-0.1, -0.05) is 12.1 Å². The molecule has 0 aliphatic rings. The van der Waals surface area contributed by atoms with Crippen LogP contribution in [0.5, 0.6) is 0 Å². The van der Waals surface area contributed by atoms with Crippen molar-refractivity contribution in [1.29, 1.82) is 0 Å². The van der Waals surface area contributed by atoms with E-state index in [-0.39, 0.29) is 11.6 Å². The van der Waals surface area contributed by atoms with Crippen LogP contribution in [0.4, 0.5) is 10.1 Å². The zero-order valence-electron chi connectivity index (χ0n) is 9.68. The van der Waals surface area contributed by atoms with Gasteiger partial charge >= 0.3 is 0 Å². The lowest BCUT2D eigenvalue weighted by Crippen LogP contribution is -2.08. The van der Waals surface area contributed by atoms with Crippen LogP contribution in [0.3, 0.4) is 0 Å². The van der Waals surface area contributed by atoms with Gasteiger partial charge in [-0.2, -0.15) is 0 Å². The van der Waals surface area contributed by atoms with Gasteiger partial charge in [0.25, 0.3) is 0 Å². The van der Waals surface area contributed by atoms with Gasteiger partial charge in [0.15, 0.2) is 0 Å². The maximum absolute atomic E-state index is 13.3. The molecule has 0 aliphatic heterocycles. The molecular weight excluding hydrogens is 251 g/mol. The van der Waals surface area contributed by atoms with E-state index in [1.54, 1.807) is 18.2 Å². The van der Waals surface area contributed by atoms with Crippen LogP contribution in [0.25, 0.3) is 6.08 Å². The first kappa shape index (κ1) is 12.4. The number of nitrogens with zero attached hydrogens (tertiary/aromatic N) is 1. The van der Waals surface area contributed by atoms with Crippen LogP contribution < -0.4 is 5.32 Å². The topological polar surface area (TPSA) is 42.0 Å². The van der Waals surface area contributed by atoms with Crippen molar-refractivity contribution in [3.8, 4) is 0 Å². The lowest BCUT2D eigenvalue weighted by atomic mass is 10.3. The molecule has 2 rings (SSSR count). The van der Waals surface area contributed by atoms with Crippen LogP contribution in [0.1, 0.15) is 10.7 Å². The molecule has 0 radical (unpaired) electrons. The number of hydrogen-bond acceptors (Lipinski definition) is 3. The van der Waals surface area contributed by atoms with E-state index in [1.807, 2.05) is 12.3 Å². The molecule has 0 spiro atoms. The average molecular weight is 262 g/mol. The van der Waals surface area contributed by atoms with Crippen LogP contribution in [-0.4, -0.2) is 10.9 Å². The van der Waals surface area contributed by atoms with Crippen LogP contribution in [0.15, 0.2) is 35.7 Å². The molecule has 3 nitrogen and oxygen atoms in total. The summed E-state index contributed by atoms with van der Waals surface area (Å²) in [6.45, 7) is 1.89. The molecule has 0 saturated carbocycles. The van der Waals surface area contributed by atoms with Crippen molar-refractivity contribution >= 4 is 29.0 Å². The Hall–Kier alpha value is -2.01. The van der Waals surface area contributed by atoms with E-state index in [1.165, 1.54) is 29.5 Å². The van der Waals surface area contributed by atoms with Crippen molar-refractivity contribution in [2.75, 3.05) is 5.32 Å². The van der Waals surface area contributed by atoms with E-state index in [0.717, 1.165) is 10.7 Å². The molecule has 0 unspecified atom stereocenters. The molecular formula is C13H11FN2OS. The third kappa shape index (κ3) is 3.24. The fourth-order valence-corrected chi connectivity index (χ4v) is 1.94. The number of carbonyl (C=O) groups excluding carboxylic acids is 1. The highest BCUT2D eigenvalue weighted by atomic mass is 32.1. The van der Waals surface area contributed by atoms with Gasteiger partial charge < -0.3 is 5.32 Å². The second-order valence-electron chi connectivity index (χ2n) is 3.59. The number of para-hydroxylation sites is 1. The molecule has 1 aromatic carbocycles. The summed E-state index contributed by atoms with van der Waals surface area (Å²) in [6, 6.07) is 6.03. The van der Waals surface area contributed by atoms with Crippen LogP contribution in [-0.2, 0) is 4.79 Å². The van der Waals surface area contributed by atoms with E-state index in [4.69, 9.17) is 0 Å². The molecule has 0 fully saturated rings. The number of thiazole rings is 1. The fourth-order valence-electron chi connectivity index (χ4n) is 1.35. The quantitative estimate of drug-likeness (QED) is 0.863. The number of nitrogens with one attached hydrogen (secondary N) is 1. The molecule has 1 aromatic heterocycles. The van der Waals surface area contributed by atoms with Crippen LogP contribution in [0.2, 0.25) is 0 Å². The molecule has 0 atom stereocenters. The number of rotatable bonds is 3. The first-order valence-corrected chi connectivity index (χ1v) is 6.19. The molecule has 1 heterocycles. The summed E-state index contributed by atoms with van der Waals surface area (Å²) in [7, 11) is 0. The summed E-state index contributed by atoms with van der Waals surface area (Å²) in [5.74, 6) is -0.838. The predicted molar refractivity (Wildman–Crippen MR) is 70.9 cm³/mol. The summed E-state index contributed by atoms with van der Waals surface area (Å²) in [5.41, 5.74) is 0.891. The number of carbonyl (C=O) groups is 1. The molecule has 92 valence electrons. The van der Waals surface area contributed by atoms with Crippen molar-refractivity contribution in [3.05, 3.63) is 52.2 Å². The van der Waals surface area contributed by atoms with Gasteiger partial charge in [-0.05, 0) is 25.1 Å². The number of halogens is 1. The Bertz CT molecular complexity index is 592. The Morgan fingerprint density at radius 2 is 2.22 bits per heavy atom. The Kier molecular flexibility index (Phi) is 3.84. The zero-order chi connectivity index (χ0) is 13.0. The third-order valence-electron chi connectivity index (χ3n) is 2.17. The zero-order valence-corrected chi connectivity index (χ0v) is 10.5. The minimum atomic E-state index is -0.455. The SMILES string of the molecule is Cc1nc(/C=C/C(=O)Nc2ccccc2F)cs1. The van der Waals surface area contributed by atoms with Gasteiger partial charge in [-0.15, -0.1) is 11.3 Å². The first-order chi connectivity index (χ1) is 8.65. The van der Waals surface area contributed by atoms with E-state index < -0.39 is 5.82 Å². The summed E-state index contributed by atoms with van der Waals surface area (Å²) in [4.78, 5) is 15.7. The van der Waals surface area contributed by atoms with Crippen molar-refractivity contribution in [3.63, 3.8) is 0 Å². The number of benzene rings is 1. The van der Waals surface area contributed by atoms with Gasteiger partial charge in [-0.3, -0.25) is 4.79 Å². The lowest BCUT2D eigenvalue weighted by molar-refractivity contribution is -0.111. The van der Waals surface area contributed by atoms with E-state index in [0.29, 0.717) is 0 Å². The maximum Gasteiger partial charge on any atom is 0.248 e. The van der Waals surface area contributed by atoms with Gasteiger partial charge in [0, 0.05) is 11.5 Å². The first-order valence-electron chi connectivity index (χ1n) is 5.31. The monoisotopic (exact) mass is 262 g/mol. The smallest absolute Gasteiger partial charge is 0.248 e. The van der Waals surface area contributed by atoms with E-state index >= 15 is 0 Å². The van der Waals surface area contributed by atoms with Crippen LogP contribution >= 0.6 is 11.3 Å². The third-order valence-corrected chi connectivity index (χ3v) is 2.97. The van der Waals surface area contributed by atoms with Crippen molar-refractivity contribution in [1.82, 2.24) is 4.98 Å². The largest absolute Gasteiger partial charge is 0.320 e. The van der Waals surface area contributed by atoms with Gasteiger partial charge in [0.1, 0.15) is 5.82 Å². The Morgan fingerprint density at radius 1 is 1.44 bits per heavy atom. The number of amides is 1. The van der Waals surface area contributed by atoms with Gasteiger partial charge in [-0.25, -0.2) is 9.37 Å². The number of hydrogen-bond donors (Lipinski definition) is 1. The number of anilines is 1. The highest BCUT2D eigenvalue weighted by Crippen LogP contribution is 2.13. The van der Waals surface area contributed by atoms with Crippen molar-refractivity contribution in [2.45, 2.75) is 6.92 Å². The predicted octanol–water partition coefficient (Wildman–Crippen LogP) is 3.24. The summed E-state index contributed by atoms with van der Waals surface area (Å²) in [6.07, 6.45) is 2.93. The van der Waals surface area contributed by atoms with Gasteiger partial charge in [0.2, 0.25) is 5.91 Å². The highest BCUT2D eigenvalue weighted by molar-refractivity contribution is 7.09.